The summed E-state index contributed by atoms with van der Waals surface area (Å²) in [4.78, 5) is 15.9. The third kappa shape index (κ3) is 3.22. The summed E-state index contributed by atoms with van der Waals surface area (Å²) in [5, 5.41) is 19.0. The highest BCUT2D eigenvalue weighted by atomic mass is 32.1. The van der Waals surface area contributed by atoms with Crippen molar-refractivity contribution in [1.29, 1.82) is 5.26 Å². The lowest BCUT2D eigenvalue weighted by Crippen LogP contribution is -2.10. The van der Waals surface area contributed by atoms with Crippen LogP contribution in [0.5, 0.6) is 0 Å². The van der Waals surface area contributed by atoms with Crippen LogP contribution in [-0.2, 0) is 12.8 Å². The fourth-order valence-corrected chi connectivity index (χ4v) is 6.33. The molecule has 0 radical (unpaired) electrons. The molecule has 1 N–H and O–H groups in total. The van der Waals surface area contributed by atoms with Crippen molar-refractivity contribution >= 4 is 43.8 Å². The number of benzene rings is 1. The number of nitrogens with one attached hydrogen (secondary N) is 1. The molecular formula is C23H20N4OS2. The number of carbonyl (C=O) groups excluding carboxylic acids is 1. The van der Waals surface area contributed by atoms with Gasteiger partial charge in [0.1, 0.15) is 15.9 Å². The Morgan fingerprint density at radius 2 is 1.97 bits per heavy atom. The molecule has 1 aliphatic rings. The number of hydrogen-bond donors (Lipinski definition) is 1. The molecular weight excluding hydrogens is 412 g/mol. The van der Waals surface area contributed by atoms with E-state index in [0.29, 0.717) is 15.4 Å². The van der Waals surface area contributed by atoms with E-state index in [1.165, 1.54) is 22.6 Å². The van der Waals surface area contributed by atoms with E-state index in [1.807, 2.05) is 48.0 Å². The van der Waals surface area contributed by atoms with Crippen LogP contribution >= 0.6 is 22.7 Å². The normalized spacial score (nSPS) is 13.6. The standard InChI is InChI=1S/C23H20N4OS2/c1-14-17-12-20(30-23(17)27(26-14)15-8-4-2-5-9-15)21(28)25-22-18(13-24)16-10-6-3-7-11-19(16)29-22/h2,4-5,8-9,12H,3,6-7,10-11H2,1H3,(H,25,28). The lowest BCUT2D eigenvalue weighted by atomic mass is 10.1. The summed E-state index contributed by atoms with van der Waals surface area (Å²) in [6, 6.07) is 14.2. The molecule has 7 heteroatoms. The predicted molar refractivity (Wildman–Crippen MR) is 122 cm³/mol. The molecule has 4 aromatic rings. The van der Waals surface area contributed by atoms with E-state index in [2.05, 4.69) is 16.5 Å². The SMILES string of the molecule is Cc1nn(-c2ccccc2)c2sc(C(=O)Nc3sc4c(c3C#N)CCCCC4)cc12. The summed E-state index contributed by atoms with van der Waals surface area (Å²) in [7, 11) is 0. The van der Waals surface area contributed by atoms with Crippen LogP contribution in [0.1, 0.15) is 50.6 Å². The van der Waals surface area contributed by atoms with Gasteiger partial charge >= 0.3 is 0 Å². The Hall–Kier alpha value is -2.95. The maximum Gasteiger partial charge on any atom is 0.266 e. The molecule has 1 amide bonds. The molecule has 30 heavy (non-hydrogen) atoms. The molecule has 0 saturated carbocycles. The predicted octanol–water partition coefficient (Wildman–Crippen LogP) is 5.85. The molecule has 0 bridgehead atoms. The maximum absolute atomic E-state index is 13.1. The van der Waals surface area contributed by atoms with E-state index in [9.17, 15) is 10.1 Å². The minimum absolute atomic E-state index is 0.164. The van der Waals surface area contributed by atoms with Crippen molar-refractivity contribution in [2.45, 2.75) is 39.0 Å². The number of thiophene rings is 2. The second-order valence-electron chi connectivity index (χ2n) is 7.50. The Balaban J connectivity index is 1.49. The smallest absolute Gasteiger partial charge is 0.266 e. The zero-order valence-corrected chi connectivity index (χ0v) is 18.2. The fourth-order valence-electron chi connectivity index (χ4n) is 4.02. The average Bonchev–Trinajstić information content (AvgIpc) is 3.37. The summed E-state index contributed by atoms with van der Waals surface area (Å²) in [6.45, 7) is 1.96. The number of amides is 1. The van der Waals surface area contributed by atoms with Crippen molar-refractivity contribution in [2.75, 3.05) is 5.32 Å². The minimum Gasteiger partial charge on any atom is -0.312 e. The molecule has 0 atom stereocenters. The van der Waals surface area contributed by atoms with Gasteiger partial charge in [-0.2, -0.15) is 10.4 Å². The van der Waals surface area contributed by atoms with Gasteiger partial charge in [-0.1, -0.05) is 24.6 Å². The highest BCUT2D eigenvalue weighted by molar-refractivity contribution is 7.21. The van der Waals surface area contributed by atoms with Gasteiger partial charge in [0.25, 0.3) is 5.91 Å². The lowest BCUT2D eigenvalue weighted by Gasteiger charge is -2.03. The van der Waals surface area contributed by atoms with Gasteiger partial charge in [0, 0.05) is 10.3 Å². The lowest BCUT2D eigenvalue weighted by molar-refractivity contribution is 0.103. The molecule has 0 fully saturated rings. The van der Waals surface area contributed by atoms with E-state index >= 15 is 0 Å². The molecule has 0 saturated heterocycles. The monoisotopic (exact) mass is 432 g/mol. The first kappa shape index (κ1) is 19.0. The molecule has 5 rings (SSSR count). The molecule has 1 aliphatic carbocycles. The highest BCUT2D eigenvalue weighted by Crippen LogP contribution is 2.38. The van der Waals surface area contributed by atoms with Crippen LogP contribution in [0.3, 0.4) is 0 Å². The van der Waals surface area contributed by atoms with Gasteiger partial charge in [0.05, 0.1) is 21.8 Å². The molecule has 5 nitrogen and oxygen atoms in total. The third-order valence-corrected chi connectivity index (χ3v) is 7.85. The summed E-state index contributed by atoms with van der Waals surface area (Å²) < 4.78 is 1.89. The number of hydrogen-bond acceptors (Lipinski definition) is 5. The number of anilines is 1. The number of carbonyl (C=O) groups is 1. The summed E-state index contributed by atoms with van der Waals surface area (Å²) in [5.74, 6) is -0.164. The van der Waals surface area contributed by atoms with E-state index in [4.69, 9.17) is 0 Å². The molecule has 3 aromatic heterocycles. The molecule has 150 valence electrons. The first-order valence-corrected chi connectivity index (χ1v) is 11.7. The topological polar surface area (TPSA) is 70.7 Å². The zero-order chi connectivity index (χ0) is 20.7. The van der Waals surface area contributed by atoms with E-state index in [0.717, 1.165) is 52.8 Å². The van der Waals surface area contributed by atoms with Crippen LogP contribution in [-0.4, -0.2) is 15.7 Å². The van der Waals surface area contributed by atoms with Crippen molar-refractivity contribution in [3.05, 3.63) is 63.0 Å². The molecule has 0 spiro atoms. The van der Waals surface area contributed by atoms with E-state index in [-0.39, 0.29) is 5.91 Å². The zero-order valence-electron chi connectivity index (χ0n) is 16.6. The van der Waals surface area contributed by atoms with Crippen LogP contribution in [0.15, 0.2) is 36.4 Å². The molecule has 0 unspecified atom stereocenters. The number of nitriles is 1. The van der Waals surface area contributed by atoms with Crippen LogP contribution < -0.4 is 5.32 Å². The summed E-state index contributed by atoms with van der Waals surface area (Å²) in [5.41, 5.74) is 3.66. The first-order chi connectivity index (χ1) is 14.7. The average molecular weight is 433 g/mol. The second kappa shape index (κ2) is 7.71. The maximum atomic E-state index is 13.1. The number of aryl methyl sites for hydroxylation is 2. The quantitative estimate of drug-likeness (QED) is 0.413. The number of para-hydroxylation sites is 1. The van der Waals surface area contributed by atoms with Gasteiger partial charge in [-0.15, -0.1) is 22.7 Å². The van der Waals surface area contributed by atoms with Crippen molar-refractivity contribution in [1.82, 2.24) is 9.78 Å². The van der Waals surface area contributed by atoms with Gasteiger partial charge in [0.2, 0.25) is 0 Å². The Labute approximate surface area is 182 Å². The van der Waals surface area contributed by atoms with Crippen molar-refractivity contribution in [2.24, 2.45) is 0 Å². The number of rotatable bonds is 3. The summed E-state index contributed by atoms with van der Waals surface area (Å²) >= 11 is 3.00. The van der Waals surface area contributed by atoms with Crippen molar-refractivity contribution < 1.29 is 4.79 Å². The van der Waals surface area contributed by atoms with Gasteiger partial charge in [-0.3, -0.25) is 4.79 Å². The third-order valence-electron chi connectivity index (χ3n) is 5.53. The Morgan fingerprint density at radius 3 is 2.77 bits per heavy atom. The minimum atomic E-state index is -0.164. The van der Waals surface area contributed by atoms with Crippen LogP contribution in [0.2, 0.25) is 0 Å². The Bertz CT molecular complexity index is 1290. The van der Waals surface area contributed by atoms with Crippen LogP contribution in [0.4, 0.5) is 5.00 Å². The van der Waals surface area contributed by atoms with E-state index in [1.54, 1.807) is 11.3 Å². The largest absolute Gasteiger partial charge is 0.312 e. The van der Waals surface area contributed by atoms with Crippen molar-refractivity contribution in [3.8, 4) is 11.8 Å². The summed E-state index contributed by atoms with van der Waals surface area (Å²) in [6.07, 6.45) is 5.39. The number of aromatic nitrogens is 2. The van der Waals surface area contributed by atoms with Gasteiger partial charge < -0.3 is 5.32 Å². The molecule has 1 aromatic carbocycles. The van der Waals surface area contributed by atoms with Crippen molar-refractivity contribution in [3.63, 3.8) is 0 Å². The Kier molecular flexibility index (Phi) is 4.89. The Morgan fingerprint density at radius 1 is 1.17 bits per heavy atom. The van der Waals surface area contributed by atoms with E-state index < -0.39 is 0 Å². The molecule has 3 heterocycles. The van der Waals surface area contributed by atoms with Crippen LogP contribution in [0, 0.1) is 18.3 Å². The van der Waals surface area contributed by atoms with Gasteiger partial charge in [-0.05, 0) is 56.4 Å². The first-order valence-electron chi connectivity index (χ1n) is 10.1. The van der Waals surface area contributed by atoms with Crippen LogP contribution in [0.25, 0.3) is 15.9 Å². The highest BCUT2D eigenvalue weighted by Gasteiger charge is 2.23. The van der Waals surface area contributed by atoms with Gasteiger partial charge in [0.15, 0.2) is 0 Å². The van der Waals surface area contributed by atoms with Gasteiger partial charge in [-0.25, -0.2) is 4.68 Å². The fraction of sp³-hybridized carbons (Fsp3) is 0.261. The number of fused-ring (bicyclic) bond motifs is 2. The molecule has 0 aliphatic heterocycles. The number of nitrogens with zero attached hydrogens (tertiary/aromatic N) is 3. The second-order valence-corrected chi connectivity index (χ2v) is 9.63.